The van der Waals surface area contributed by atoms with Gasteiger partial charge in [0, 0.05) is 42.4 Å². The summed E-state index contributed by atoms with van der Waals surface area (Å²) in [6, 6.07) is 14.6. The molecule has 0 radical (unpaired) electrons. The van der Waals surface area contributed by atoms with Crippen LogP contribution in [0.5, 0.6) is 0 Å². The second kappa shape index (κ2) is 11.8. The van der Waals surface area contributed by atoms with E-state index in [4.69, 9.17) is 17.2 Å². The molecule has 160 valence electrons. The van der Waals surface area contributed by atoms with Crippen molar-refractivity contribution in [2.75, 3.05) is 54.1 Å². The van der Waals surface area contributed by atoms with Gasteiger partial charge in [-0.1, -0.05) is 0 Å². The summed E-state index contributed by atoms with van der Waals surface area (Å²) < 4.78 is 24.3. The van der Waals surface area contributed by atoms with Crippen molar-refractivity contribution in [2.45, 2.75) is 6.92 Å². The number of sulfonamides is 1. The Kier molecular flexibility index (Phi) is 9.76. The van der Waals surface area contributed by atoms with Crippen LogP contribution < -0.4 is 32.1 Å². The summed E-state index contributed by atoms with van der Waals surface area (Å²) in [5.41, 5.74) is 19.3. The summed E-state index contributed by atoms with van der Waals surface area (Å²) in [4.78, 5) is 12.5. The zero-order valence-corrected chi connectivity index (χ0v) is 17.6. The third kappa shape index (κ3) is 10.8. The zero-order valence-electron chi connectivity index (χ0n) is 16.8. The van der Waals surface area contributed by atoms with E-state index in [9.17, 15) is 13.2 Å². The van der Waals surface area contributed by atoms with Crippen molar-refractivity contribution < 1.29 is 13.2 Å². The molecule has 0 unspecified atom stereocenters. The number of carbonyl (C=O) groups excluding carboxylic acids is 1. The minimum absolute atomic E-state index is 0.143. The quantitative estimate of drug-likeness (QED) is 0.374. The molecule has 0 atom stereocenters. The van der Waals surface area contributed by atoms with Crippen molar-refractivity contribution in [1.29, 1.82) is 0 Å². The highest BCUT2D eigenvalue weighted by Crippen LogP contribution is 2.15. The molecule has 10 heteroatoms. The second-order valence-electron chi connectivity index (χ2n) is 6.28. The highest BCUT2D eigenvalue weighted by atomic mass is 32.2. The zero-order chi connectivity index (χ0) is 21.9. The lowest BCUT2D eigenvalue weighted by Gasteiger charge is -2.23. The maximum absolute atomic E-state index is 10.9. The van der Waals surface area contributed by atoms with Gasteiger partial charge in [0.2, 0.25) is 15.9 Å². The highest BCUT2D eigenvalue weighted by molar-refractivity contribution is 7.88. The number of hydrogen-bond donors (Lipinski definition) is 5. The lowest BCUT2D eigenvalue weighted by Crippen LogP contribution is -2.34. The molecule has 0 fully saturated rings. The highest BCUT2D eigenvalue weighted by Gasteiger charge is 2.05. The predicted molar refractivity (Wildman–Crippen MR) is 120 cm³/mol. The molecule has 0 saturated carbocycles. The van der Waals surface area contributed by atoms with E-state index >= 15 is 0 Å². The van der Waals surface area contributed by atoms with Gasteiger partial charge in [-0.3, -0.25) is 4.79 Å². The molecule has 0 aliphatic rings. The van der Waals surface area contributed by atoms with Gasteiger partial charge in [0.1, 0.15) is 0 Å². The molecular formula is C19H30N6O3S. The first-order valence-corrected chi connectivity index (χ1v) is 10.9. The maximum atomic E-state index is 10.9. The van der Waals surface area contributed by atoms with Crippen molar-refractivity contribution in [3.63, 3.8) is 0 Å². The van der Waals surface area contributed by atoms with Crippen LogP contribution in [0.3, 0.4) is 0 Å². The predicted octanol–water partition coefficient (Wildman–Crippen LogP) is 0.810. The van der Waals surface area contributed by atoms with E-state index in [0.29, 0.717) is 18.8 Å². The van der Waals surface area contributed by atoms with Gasteiger partial charge in [-0.25, -0.2) is 13.1 Å². The van der Waals surface area contributed by atoms with Gasteiger partial charge in [-0.15, -0.1) is 0 Å². The molecule has 2 aromatic rings. The van der Waals surface area contributed by atoms with Crippen LogP contribution in [0.1, 0.15) is 6.92 Å². The van der Waals surface area contributed by atoms with Gasteiger partial charge >= 0.3 is 0 Å². The number of carbonyl (C=O) groups is 1. The molecule has 29 heavy (non-hydrogen) atoms. The average molecular weight is 423 g/mol. The topological polar surface area (TPSA) is 157 Å². The van der Waals surface area contributed by atoms with Gasteiger partial charge in [-0.2, -0.15) is 0 Å². The van der Waals surface area contributed by atoms with Crippen molar-refractivity contribution in [3.05, 3.63) is 48.5 Å². The van der Waals surface area contributed by atoms with Crippen LogP contribution in [0.25, 0.3) is 0 Å². The molecule has 1 amide bonds. The molecule has 0 saturated heterocycles. The molecule has 0 bridgehead atoms. The Balaban J connectivity index is 0.000000308. The van der Waals surface area contributed by atoms with Crippen LogP contribution in [0.15, 0.2) is 48.5 Å². The Labute approximate surface area is 172 Å². The number of nitrogens with zero attached hydrogens (tertiary/aromatic N) is 1. The molecule has 8 N–H and O–H groups in total. The number of hydrogen-bond acceptors (Lipinski definition) is 7. The number of likely N-dealkylation sites (N-methyl/N-ethyl adjacent to an activating group) is 1. The van der Waals surface area contributed by atoms with Crippen LogP contribution in [-0.2, 0) is 14.8 Å². The van der Waals surface area contributed by atoms with Crippen LogP contribution in [0.2, 0.25) is 0 Å². The van der Waals surface area contributed by atoms with E-state index in [1.165, 1.54) is 0 Å². The van der Waals surface area contributed by atoms with E-state index in [0.717, 1.165) is 29.9 Å². The molecule has 2 rings (SSSR count). The Hall–Kier alpha value is -2.98. The van der Waals surface area contributed by atoms with E-state index < -0.39 is 10.0 Å². The number of nitrogen functional groups attached to an aromatic ring is 2. The lowest BCUT2D eigenvalue weighted by atomic mass is 10.2. The molecule has 0 aliphatic carbocycles. The summed E-state index contributed by atoms with van der Waals surface area (Å²) in [7, 11) is -3.11. The van der Waals surface area contributed by atoms with Gasteiger partial charge in [0.05, 0.1) is 12.8 Å². The monoisotopic (exact) mass is 422 g/mol. The Morgan fingerprint density at radius 1 is 1.00 bits per heavy atom. The average Bonchev–Trinajstić information content (AvgIpc) is 2.65. The maximum Gasteiger partial charge on any atom is 0.236 e. The number of amides is 1. The Morgan fingerprint density at radius 3 is 1.97 bits per heavy atom. The number of nitrogens with two attached hydrogens (primary N) is 3. The summed E-state index contributed by atoms with van der Waals surface area (Å²) >= 11 is 0. The third-order valence-electron chi connectivity index (χ3n) is 3.76. The Bertz CT molecular complexity index is 855. The lowest BCUT2D eigenvalue weighted by molar-refractivity contribution is -0.116. The van der Waals surface area contributed by atoms with Gasteiger partial charge in [0.25, 0.3) is 0 Å². The molecule has 0 aromatic heterocycles. The normalized spacial score (nSPS) is 10.6. The van der Waals surface area contributed by atoms with Gasteiger partial charge < -0.3 is 27.4 Å². The van der Waals surface area contributed by atoms with Crippen molar-refractivity contribution >= 4 is 38.7 Å². The van der Waals surface area contributed by atoms with Crippen LogP contribution in [0.4, 0.5) is 22.7 Å². The first kappa shape index (κ1) is 24.1. The fourth-order valence-corrected chi connectivity index (χ4v) is 2.77. The summed E-state index contributed by atoms with van der Waals surface area (Å²) in [6.07, 6.45) is 1.16. The Morgan fingerprint density at radius 2 is 1.52 bits per heavy atom. The van der Waals surface area contributed by atoms with E-state index in [1.807, 2.05) is 31.2 Å². The summed E-state index contributed by atoms with van der Waals surface area (Å²) in [6.45, 7) is 4.01. The standard InChI is InChI=1S/C11H19N3O2S.C8H11N3O/c1-3-14(9-8-13-17(2,15)16)11-6-4-10(12)5-7-11;9-6-1-3-7(4-2-6)11-5-8(10)12/h4-7,13H,3,8-9,12H2,1-2H3;1-4,11H,5,9H2,(H2,10,12). The van der Waals surface area contributed by atoms with Crippen molar-refractivity contribution in [3.8, 4) is 0 Å². The van der Waals surface area contributed by atoms with Crippen molar-refractivity contribution in [2.24, 2.45) is 5.73 Å². The SMILES string of the molecule is CCN(CCNS(C)(=O)=O)c1ccc(N)cc1.NC(=O)CNc1ccc(N)cc1. The summed E-state index contributed by atoms with van der Waals surface area (Å²) in [5, 5.41) is 2.84. The number of benzene rings is 2. The molecule has 9 nitrogen and oxygen atoms in total. The van der Waals surface area contributed by atoms with E-state index in [1.54, 1.807) is 24.3 Å². The fraction of sp³-hybridized carbons (Fsp3) is 0.316. The minimum atomic E-state index is -3.11. The number of nitrogens with one attached hydrogen (secondary N) is 2. The molecular weight excluding hydrogens is 392 g/mol. The number of anilines is 4. The van der Waals surface area contributed by atoms with E-state index in [2.05, 4.69) is 14.9 Å². The first-order valence-electron chi connectivity index (χ1n) is 9.03. The van der Waals surface area contributed by atoms with Crippen LogP contribution >= 0.6 is 0 Å². The second-order valence-corrected chi connectivity index (χ2v) is 8.11. The molecule has 0 heterocycles. The molecule has 0 aliphatic heterocycles. The third-order valence-corrected chi connectivity index (χ3v) is 4.49. The van der Waals surface area contributed by atoms with Crippen LogP contribution in [-0.4, -0.2) is 46.8 Å². The van der Waals surface area contributed by atoms with Gasteiger partial charge in [-0.05, 0) is 55.5 Å². The molecule has 2 aromatic carbocycles. The van der Waals surface area contributed by atoms with Crippen LogP contribution in [0, 0.1) is 0 Å². The fourth-order valence-electron chi connectivity index (χ4n) is 2.31. The summed E-state index contributed by atoms with van der Waals surface area (Å²) in [5.74, 6) is -0.383. The van der Waals surface area contributed by atoms with E-state index in [-0.39, 0.29) is 12.5 Å². The number of rotatable bonds is 9. The smallest absolute Gasteiger partial charge is 0.236 e. The van der Waals surface area contributed by atoms with Gasteiger partial charge in [0.15, 0.2) is 0 Å². The molecule has 0 spiro atoms. The number of primary amides is 1. The van der Waals surface area contributed by atoms with Crippen molar-refractivity contribution in [1.82, 2.24) is 4.72 Å². The largest absolute Gasteiger partial charge is 0.399 e. The minimum Gasteiger partial charge on any atom is -0.399 e. The first-order chi connectivity index (χ1) is 13.6.